The van der Waals surface area contributed by atoms with Crippen molar-refractivity contribution >= 4 is 38.7 Å². The SMILES string of the molecule is O=C(O)CS(=O)(=O)Cc1ccc(Cl)s1. The summed E-state index contributed by atoms with van der Waals surface area (Å²) in [5.74, 6) is -2.45. The molecule has 1 aromatic heterocycles. The largest absolute Gasteiger partial charge is 0.480 e. The van der Waals surface area contributed by atoms with Crippen LogP contribution in [-0.2, 0) is 20.4 Å². The molecule has 1 aromatic rings. The summed E-state index contributed by atoms with van der Waals surface area (Å²) in [6, 6.07) is 3.16. The van der Waals surface area contributed by atoms with Crippen molar-refractivity contribution in [1.82, 2.24) is 0 Å². The topological polar surface area (TPSA) is 71.4 Å². The van der Waals surface area contributed by atoms with E-state index in [1.807, 2.05) is 0 Å². The Hall–Kier alpha value is -0.590. The number of hydrogen-bond acceptors (Lipinski definition) is 4. The maximum Gasteiger partial charge on any atom is 0.318 e. The maximum absolute atomic E-state index is 11.2. The molecule has 1 heterocycles. The minimum atomic E-state index is -3.57. The van der Waals surface area contributed by atoms with Crippen LogP contribution < -0.4 is 0 Å². The molecular weight excluding hydrogens is 248 g/mol. The third kappa shape index (κ3) is 3.65. The monoisotopic (exact) mass is 254 g/mol. The summed E-state index contributed by atoms with van der Waals surface area (Å²) in [5, 5.41) is 8.33. The van der Waals surface area contributed by atoms with Crippen molar-refractivity contribution in [2.45, 2.75) is 5.75 Å². The standard InChI is InChI=1S/C7H7ClO4S2/c8-6-2-1-5(13-6)3-14(11,12)4-7(9)10/h1-2H,3-4H2,(H,9,10). The molecule has 0 amide bonds. The summed E-state index contributed by atoms with van der Waals surface area (Å²) in [5.41, 5.74) is 0. The Morgan fingerprint density at radius 3 is 2.57 bits per heavy atom. The second kappa shape index (κ2) is 4.29. The van der Waals surface area contributed by atoms with E-state index >= 15 is 0 Å². The number of carboxylic acids is 1. The van der Waals surface area contributed by atoms with Crippen LogP contribution in [-0.4, -0.2) is 25.2 Å². The molecule has 0 fully saturated rings. The van der Waals surface area contributed by atoms with Gasteiger partial charge in [0, 0.05) is 4.88 Å². The molecule has 7 heteroatoms. The van der Waals surface area contributed by atoms with Gasteiger partial charge in [-0.2, -0.15) is 0 Å². The third-order valence-corrected chi connectivity index (χ3v) is 4.19. The minimum absolute atomic E-state index is 0.267. The van der Waals surface area contributed by atoms with E-state index in [0.717, 1.165) is 11.3 Å². The molecule has 78 valence electrons. The van der Waals surface area contributed by atoms with Gasteiger partial charge in [-0.25, -0.2) is 8.42 Å². The average molecular weight is 255 g/mol. The zero-order chi connectivity index (χ0) is 10.8. The first-order chi connectivity index (χ1) is 6.39. The first-order valence-corrected chi connectivity index (χ1v) is 6.57. The van der Waals surface area contributed by atoms with E-state index in [-0.39, 0.29) is 5.75 Å². The van der Waals surface area contributed by atoms with Gasteiger partial charge in [0.2, 0.25) is 0 Å². The van der Waals surface area contributed by atoms with Gasteiger partial charge in [0.1, 0.15) is 5.75 Å². The van der Waals surface area contributed by atoms with Gasteiger partial charge in [-0.15, -0.1) is 11.3 Å². The molecule has 0 saturated heterocycles. The molecule has 0 unspecified atom stereocenters. The molecular formula is C7H7ClO4S2. The molecule has 0 bridgehead atoms. The summed E-state index contributed by atoms with van der Waals surface area (Å²) in [7, 11) is -3.57. The van der Waals surface area contributed by atoms with Crippen molar-refractivity contribution in [3.63, 3.8) is 0 Å². The molecule has 0 atom stereocenters. The summed E-state index contributed by atoms with van der Waals surface area (Å²) >= 11 is 6.74. The molecule has 0 aliphatic heterocycles. The van der Waals surface area contributed by atoms with Crippen LogP contribution in [0, 0.1) is 0 Å². The molecule has 0 aromatic carbocycles. The highest BCUT2D eigenvalue weighted by Crippen LogP contribution is 2.23. The van der Waals surface area contributed by atoms with Crippen LogP contribution in [0.15, 0.2) is 12.1 Å². The lowest BCUT2D eigenvalue weighted by Gasteiger charge is -1.97. The van der Waals surface area contributed by atoms with Gasteiger partial charge in [0.15, 0.2) is 9.84 Å². The molecule has 4 nitrogen and oxygen atoms in total. The van der Waals surface area contributed by atoms with E-state index in [4.69, 9.17) is 16.7 Å². The van der Waals surface area contributed by atoms with Gasteiger partial charge in [-0.05, 0) is 12.1 Å². The van der Waals surface area contributed by atoms with E-state index in [2.05, 4.69) is 0 Å². The molecule has 0 radical (unpaired) electrons. The van der Waals surface area contributed by atoms with Crippen molar-refractivity contribution in [1.29, 1.82) is 0 Å². The van der Waals surface area contributed by atoms with Crippen LogP contribution >= 0.6 is 22.9 Å². The van der Waals surface area contributed by atoms with Crippen LogP contribution in [0.3, 0.4) is 0 Å². The predicted molar refractivity (Wildman–Crippen MR) is 54.5 cm³/mol. The quantitative estimate of drug-likeness (QED) is 0.882. The van der Waals surface area contributed by atoms with Crippen molar-refractivity contribution < 1.29 is 18.3 Å². The maximum atomic E-state index is 11.2. The first kappa shape index (κ1) is 11.5. The van der Waals surface area contributed by atoms with Crippen molar-refractivity contribution in [2.24, 2.45) is 0 Å². The van der Waals surface area contributed by atoms with E-state index in [0.29, 0.717) is 9.21 Å². The Morgan fingerprint density at radius 2 is 2.14 bits per heavy atom. The first-order valence-electron chi connectivity index (χ1n) is 3.55. The zero-order valence-corrected chi connectivity index (χ0v) is 9.32. The van der Waals surface area contributed by atoms with E-state index in [1.54, 1.807) is 12.1 Å². The second-order valence-corrected chi connectivity index (χ2v) is 6.50. The number of hydrogen-bond donors (Lipinski definition) is 1. The lowest BCUT2D eigenvalue weighted by molar-refractivity contribution is -0.134. The molecule has 1 N–H and O–H groups in total. The third-order valence-electron chi connectivity index (χ3n) is 1.33. The number of carboxylic acid groups (broad SMARTS) is 1. The Bertz CT molecular complexity index is 434. The van der Waals surface area contributed by atoms with E-state index in [1.165, 1.54) is 0 Å². The summed E-state index contributed by atoms with van der Waals surface area (Å²) < 4.78 is 22.9. The van der Waals surface area contributed by atoms with Crippen LogP contribution in [0.1, 0.15) is 4.88 Å². The summed E-state index contributed by atoms with van der Waals surface area (Å²) in [6.07, 6.45) is 0. The summed E-state index contributed by atoms with van der Waals surface area (Å²) in [6.45, 7) is 0. The van der Waals surface area contributed by atoms with Gasteiger partial charge in [-0.3, -0.25) is 4.79 Å². The molecule has 0 aliphatic carbocycles. The number of sulfone groups is 1. The highest BCUT2D eigenvalue weighted by atomic mass is 35.5. The molecule has 0 aliphatic rings. The fourth-order valence-corrected chi connectivity index (χ4v) is 3.55. The fraction of sp³-hybridized carbons (Fsp3) is 0.286. The van der Waals surface area contributed by atoms with Crippen LogP contribution in [0.4, 0.5) is 0 Å². The van der Waals surface area contributed by atoms with E-state index in [9.17, 15) is 13.2 Å². The molecule has 1 rings (SSSR count). The summed E-state index contributed by atoms with van der Waals surface area (Å²) in [4.78, 5) is 10.8. The smallest absolute Gasteiger partial charge is 0.318 e. The number of carbonyl (C=O) groups is 1. The average Bonchev–Trinajstić information content (AvgIpc) is 2.30. The fourth-order valence-electron chi connectivity index (χ4n) is 0.885. The zero-order valence-electron chi connectivity index (χ0n) is 6.94. The Labute approximate surface area is 90.1 Å². The van der Waals surface area contributed by atoms with Crippen molar-refractivity contribution in [3.05, 3.63) is 21.3 Å². The van der Waals surface area contributed by atoms with Crippen LogP contribution in [0.5, 0.6) is 0 Å². The Balaban J connectivity index is 2.73. The molecule has 14 heavy (non-hydrogen) atoms. The minimum Gasteiger partial charge on any atom is -0.480 e. The predicted octanol–water partition coefficient (Wildman–Crippen LogP) is 1.40. The Kier molecular flexibility index (Phi) is 3.52. The second-order valence-electron chi connectivity index (χ2n) is 2.63. The highest BCUT2D eigenvalue weighted by molar-refractivity contribution is 7.91. The number of rotatable bonds is 4. The van der Waals surface area contributed by atoms with Gasteiger partial charge >= 0.3 is 5.97 Å². The number of halogens is 1. The molecule has 0 saturated carbocycles. The highest BCUT2D eigenvalue weighted by Gasteiger charge is 2.17. The van der Waals surface area contributed by atoms with Crippen molar-refractivity contribution in [3.8, 4) is 0 Å². The molecule has 0 spiro atoms. The van der Waals surface area contributed by atoms with Crippen LogP contribution in [0.2, 0.25) is 4.34 Å². The van der Waals surface area contributed by atoms with Crippen molar-refractivity contribution in [2.75, 3.05) is 5.75 Å². The number of thiophene rings is 1. The lowest BCUT2D eigenvalue weighted by atomic mass is 10.5. The van der Waals surface area contributed by atoms with Crippen LogP contribution in [0.25, 0.3) is 0 Å². The normalized spacial score (nSPS) is 11.5. The van der Waals surface area contributed by atoms with Gasteiger partial charge < -0.3 is 5.11 Å². The Morgan fingerprint density at radius 1 is 1.50 bits per heavy atom. The van der Waals surface area contributed by atoms with E-state index < -0.39 is 21.6 Å². The van der Waals surface area contributed by atoms with Gasteiger partial charge in [0.25, 0.3) is 0 Å². The lowest BCUT2D eigenvalue weighted by Crippen LogP contribution is -2.16. The van der Waals surface area contributed by atoms with Gasteiger partial charge in [-0.1, -0.05) is 11.6 Å². The van der Waals surface area contributed by atoms with Gasteiger partial charge in [0.05, 0.1) is 10.1 Å². The number of aliphatic carboxylic acids is 1.